The molecule has 0 aliphatic heterocycles. The van der Waals surface area contributed by atoms with E-state index in [1.54, 1.807) is 38.4 Å². The van der Waals surface area contributed by atoms with Crippen LogP contribution in [0.25, 0.3) is 16.5 Å². The van der Waals surface area contributed by atoms with Crippen molar-refractivity contribution in [1.29, 1.82) is 0 Å². The second-order valence-electron chi connectivity index (χ2n) is 4.67. The smallest absolute Gasteiger partial charge is 0.347 e. The van der Waals surface area contributed by atoms with Gasteiger partial charge in [-0.25, -0.2) is 9.59 Å². The molecule has 0 spiro atoms. The number of nitrogens with zero attached hydrogens (tertiary/aromatic N) is 1. The van der Waals surface area contributed by atoms with Crippen molar-refractivity contribution in [3.8, 4) is 0 Å². The Morgan fingerprint density at radius 3 is 2.30 bits per heavy atom. The van der Waals surface area contributed by atoms with Crippen LogP contribution in [-0.2, 0) is 19.1 Å². The van der Waals surface area contributed by atoms with Crippen LogP contribution in [-0.4, -0.2) is 30.1 Å². The van der Waals surface area contributed by atoms with Gasteiger partial charge in [0.2, 0.25) is 0 Å². The monoisotopic (exact) mass is 314 g/mol. The maximum atomic E-state index is 12.1. The highest BCUT2D eigenvalue weighted by molar-refractivity contribution is 6.19. The van der Waals surface area contributed by atoms with Gasteiger partial charge in [0, 0.05) is 17.8 Å². The third kappa shape index (κ3) is 3.66. The lowest BCUT2D eigenvalue weighted by Gasteiger charge is -2.11. The molecule has 1 aromatic heterocycles. The Bertz CT molecular complexity index is 748. The number of benzene rings is 1. The normalized spacial score (nSPS) is 10.2. The van der Waals surface area contributed by atoms with E-state index < -0.39 is 11.9 Å². The minimum absolute atomic E-state index is 0.0210. The Morgan fingerprint density at radius 2 is 1.70 bits per heavy atom. The summed E-state index contributed by atoms with van der Waals surface area (Å²) in [5.74, 6) is -1.59. The summed E-state index contributed by atoms with van der Waals surface area (Å²) in [6, 6.07) is 7.19. The van der Waals surface area contributed by atoms with Gasteiger partial charge in [0.15, 0.2) is 5.57 Å². The Kier molecular flexibility index (Phi) is 5.30. The molecule has 0 atom stereocenters. The fraction of sp³-hybridized carbons (Fsp3) is 0.235. The van der Waals surface area contributed by atoms with Crippen LogP contribution in [0.3, 0.4) is 0 Å². The molecule has 0 aliphatic rings. The van der Waals surface area contributed by atoms with E-state index >= 15 is 0 Å². The van der Waals surface area contributed by atoms with Crippen LogP contribution < -0.4 is 5.73 Å². The predicted molar refractivity (Wildman–Crippen MR) is 86.1 cm³/mol. The average molecular weight is 314 g/mol. The van der Waals surface area contributed by atoms with Crippen molar-refractivity contribution in [2.45, 2.75) is 13.8 Å². The van der Waals surface area contributed by atoms with E-state index in [4.69, 9.17) is 15.2 Å². The molecule has 0 amide bonds. The standard InChI is InChI=1S/C17H18N2O4/c1-3-22-16(20)14(17(21)23-4-2)15(18)12-6-5-11-7-8-19-10-13(11)9-12/h5-10H,3-4,18H2,1-2H3. The summed E-state index contributed by atoms with van der Waals surface area (Å²) in [6.07, 6.45) is 3.37. The van der Waals surface area contributed by atoms with Crippen LogP contribution in [0.1, 0.15) is 19.4 Å². The zero-order valence-corrected chi connectivity index (χ0v) is 13.0. The summed E-state index contributed by atoms with van der Waals surface area (Å²) in [6.45, 7) is 3.57. The third-order valence-corrected chi connectivity index (χ3v) is 3.18. The number of hydrogen-bond donors (Lipinski definition) is 1. The zero-order chi connectivity index (χ0) is 16.8. The van der Waals surface area contributed by atoms with E-state index in [0.29, 0.717) is 5.56 Å². The Labute approximate surface area is 133 Å². The lowest BCUT2D eigenvalue weighted by Crippen LogP contribution is -2.22. The topological polar surface area (TPSA) is 91.5 Å². The minimum Gasteiger partial charge on any atom is -0.462 e. The molecule has 6 nitrogen and oxygen atoms in total. The molecule has 0 saturated carbocycles. The molecule has 0 saturated heterocycles. The van der Waals surface area contributed by atoms with Crippen LogP contribution in [0.2, 0.25) is 0 Å². The van der Waals surface area contributed by atoms with Gasteiger partial charge in [-0.1, -0.05) is 12.1 Å². The van der Waals surface area contributed by atoms with Crippen LogP contribution in [0.15, 0.2) is 42.2 Å². The van der Waals surface area contributed by atoms with E-state index in [-0.39, 0.29) is 24.5 Å². The highest BCUT2D eigenvalue weighted by Crippen LogP contribution is 2.21. The number of pyridine rings is 1. The second kappa shape index (κ2) is 7.40. The van der Waals surface area contributed by atoms with Gasteiger partial charge in [-0.15, -0.1) is 0 Å². The number of carbonyl (C=O) groups is 2. The van der Waals surface area contributed by atoms with Crippen molar-refractivity contribution in [3.63, 3.8) is 0 Å². The van der Waals surface area contributed by atoms with Gasteiger partial charge >= 0.3 is 11.9 Å². The molecule has 1 aromatic carbocycles. The van der Waals surface area contributed by atoms with Gasteiger partial charge < -0.3 is 15.2 Å². The number of carbonyl (C=O) groups excluding carboxylic acids is 2. The number of nitrogens with two attached hydrogens (primary N) is 1. The summed E-state index contributed by atoms with van der Waals surface area (Å²) < 4.78 is 9.82. The average Bonchev–Trinajstić information content (AvgIpc) is 2.55. The van der Waals surface area contributed by atoms with Crippen molar-refractivity contribution in [3.05, 3.63) is 47.8 Å². The number of rotatable bonds is 5. The maximum absolute atomic E-state index is 12.1. The summed E-state index contributed by atoms with van der Waals surface area (Å²) in [5.41, 5.74) is 6.31. The molecule has 2 N–H and O–H groups in total. The number of aromatic nitrogens is 1. The molecule has 0 fully saturated rings. The molecule has 0 radical (unpaired) electrons. The second-order valence-corrected chi connectivity index (χ2v) is 4.67. The van der Waals surface area contributed by atoms with Crippen LogP contribution in [0.4, 0.5) is 0 Å². The van der Waals surface area contributed by atoms with Gasteiger partial charge in [0.25, 0.3) is 0 Å². The summed E-state index contributed by atoms with van der Waals surface area (Å²) in [7, 11) is 0. The molecule has 0 aliphatic carbocycles. The number of ether oxygens (including phenoxy) is 2. The first-order valence-corrected chi connectivity index (χ1v) is 7.26. The van der Waals surface area contributed by atoms with Gasteiger partial charge in [0.05, 0.1) is 18.9 Å². The number of esters is 2. The van der Waals surface area contributed by atoms with Crippen molar-refractivity contribution >= 4 is 28.4 Å². The Balaban J connectivity index is 2.53. The SMILES string of the molecule is CCOC(=O)C(C(=O)OCC)=C(N)c1ccc2ccncc2c1. The molecular weight excluding hydrogens is 296 g/mol. The van der Waals surface area contributed by atoms with E-state index in [0.717, 1.165) is 10.8 Å². The van der Waals surface area contributed by atoms with Crippen molar-refractivity contribution in [1.82, 2.24) is 4.98 Å². The van der Waals surface area contributed by atoms with Gasteiger partial charge in [-0.3, -0.25) is 4.98 Å². The van der Waals surface area contributed by atoms with Crippen LogP contribution >= 0.6 is 0 Å². The van der Waals surface area contributed by atoms with E-state index in [1.165, 1.54) is 0 Å². The van der Waals surface area contributed by atoms with E-state index in [1.807, 2.05) is 12.1 Å². The predicted octanol–water partition coefficient (Wildman–Crippen LogP) is 2.03. The van der Waals surface area contributed by atoms with Gasteiger partial charge in [-0.2, -0.15) is 0 Å². The maximum Gasteiger partial charge on any atom is 0.347 e. The Morgan fingerprint density at radius 1 is 1.04 bits per heavy atom. The van der Waals surface area contributed by atoms with Crippen LogP contribution in [0, 0.1) is 0 Å². The third-order valence-electron chi connectivity index (χ3n) is 3.18. The molecule has 120 valence electrons. The first-order valence-electron chi connectivity index (χ1n) is 7.26. The molecule has 0 unspecified atom stereocenters. The van der Waals surface area contributed by atoms with Crippen molar-refractivity contribution < 1.29 is 19.1 Å². The number of fused-ring (bicyclic) bond motifs is 1. The lowest BCUT2D eigenvalue weighted by atomic mass is 10.0. The summed E-state index contributed by atoms with van der Waals surface area (Å²) >= 11 is 0. The molecule has 6 heteroatoms. The lowest BCUT2D eigenvalue weighted by molar-refractivity contribution is -0.146. The van der Waals surface area contributed by atoms with E-state index in [9.17, 15) is 9.59 Å². The van der Waals surface area contributed by atoms with Crippen LogP contribution in [0.5, 0.6) is 0 Å². The highest BCUT2D eigenvalue weighted by Gasteiger charge is 2.25. The molecule has 23 heavy (non-hydrogen) atoms. The summed E-state index contributed by atoms with van der Waals surface area (Å²) in [4.78, 5) is 28.2. The molecule has 2 rings (SSSR count). The number of hydrogen-bond acceptors (Lipinski definition) is 6. The summed E-state index contributed by atoms with van der Waals surface area (Å²) in [5, 5.41) is 1.82. The Hall–Kier alpha value is -2.89. The first-order chi connectivity index (χ1) is 11.1. The van der Waals surface area contributed by atoms with E-state index in [2.05, 4.69) is 4.98 Å². The molecule has 1 heterocycles. The molecular formula is C17H18N2O4. The quantitative estimate of drug-likeness (QED) is 0.393. The molecule has 0 bridgehead atoms. The fourth-order valence-corrected chi connectivity index (χ4v) is 2.11. The van der Waals surface area contributed by atoms with Crippen molar-refractivity contribution in [2.75, 3.05) is 13.2 Å². The van der Waals surface area contributed by atoms with Gasteiger partial charge in [-0.05, 0) is 36.9 Å². The first kappa shape index (κ1) is 16.5. The highest BCUT2D eigenvalue weighted by atomic mass is 16.6. The zero-order valence-electron chi connectivity index (χ0n) is 13.0. The van der Waals surface area contributed by atoms with Gasteiger partial charge in [0.1, 0.15) is 0 Å². The van der Waals surface area contributed by atoms with Crippen molar-refractivity contribution in [2.24, 2.45) is 5.73 Å². The molecule has 2 aromatic rings. The largest absolute Gasteiger partial charge is 0.462 e. The minimum atomic E-state index is -0.797. The fourth-order valence-electron chi connectivity index (χ4n) is 2.11.